The van der Waals surface area contributed by atoms with Crippen molar-refractivity contribution >= 4 is 5.97 Å². The Morgan fingerprint density at radius 2 is 2.38 bits per heavy atom. The molecule has 0 amide bonds. The van der Waals surface area contributed by atoms with Gasteiger partial charge in [-0.25, -0.2) is 0 Å². The second-order valence-corrected chi connectivity index (χ2v) is 3.78. The minimum Gasteiger partial charge on any atom is -0.464 e. The molecule has 1 aliphatic heterocycles. The number of carbonyl (C=O) groups is 1. The van der Waals surface area contributed by atoms with Gasteiger partial charge >= 0.3 is 5.97 Å². The molecular formula is C9H18N2O2. The lowest BCUT2D eigenvalue weighted by molar-refractivity contribution is -0.149. The first-order valence-corrected chi connectivity index (χ1v) is 4.73. The molecule has 2 N–H and O–H groups in total. The van der Waals surface area contributed by atoms with Crippen molar-refractivity contribution in [2.75, 3.05) is 26.7 Å². The van der Waals surface area contributed by atoms with Gasteiger partial charge in [-0.05, 0) is 19.9 Å². The van der Waals surface area contributed by atoms with E-state index < -0.39 is 5.54 Å². The van der Waals surface area contributed by atoms with E-state index in [-0.39, 0.29) is 5.97 Å². The summed E-state index contributed by atoms with van der Waals surface area (Å²) in [6, 6.07) is 0. The van der Waals surface area contributed by atoms with Crippen LogP contribution in [-0.4, -0.2) is 43.2 Å². The maximum atomic E-state index is 11.5. The summed E-state index contributed by atoms with van der Waals surface area (Å²) in [4.78, 5) is 13.5. The molecule has 0 bridgehead atoms. The molecule has 1 aliphatic rings. The van der Waals surface area contributed by atoms with Crippen LogP contribution in [0.25, 0.3) is 0 Å². The summed E-state index contributed by atoms with van der Waals surface area (Å²) in [7, 11) is 1.96. The van der Waals surface area contributed by atoms with E-state index in [0.717, 1.165) is 13.0 Å². The molecule has 0 radical (unpaired) electrons. The molecule has 1 rings (SSSR count). The summed E-state index contributed by atoms with van der Waals surface area (Å²) in [6.07, 6.45) is 1.55. The normalized spacial score (nSPS) is 29.2. The molecular weight excluding hydrogens is 168 g/mol. The lowest BCUT2D eigenvalue weighted by Gasteiger charge is -2.21. The van der Waals surface area contributed by atoms with E-state index in [1.807, 2.05) is 18.9 Å². The second-order valence-electron chi connectivity index (χ2n) is 3.78. The van der Waals surface area contributed by atoms with Gasteiger partial charge in [0.2, 0.25) is 0 Å². The first-order chi connectivity index (χ1) is 6.08. The third-order valence-corrected chi connectivity index (χ3v) is 2.34. The third kappa shape index (κ3) is 2.42. The van der Waals surface area contributed by atoms with E-state index >= 15 is 0 Å². The van der Waals surface area contributed by atoms with Crippen LogP contribution >= 0.6 is 0 Å². The van der Waals surface area contributed by atoms with Crippen LogP contribution in [-0.2, 0) is 9.53 Å². The van der Waals surface area contributed by atoms with E-state index in [9.17, 15) is 4.79 Å². The molecule has 76 valence electrons. The van der Waals surface area contributed by atoms with Crippen LogP contribution < -0.4 is 5.73 Å². The largest absolute Gasteiger partial charge is 0.464 e. The lowest BCUT2D eigenvalue weighted by atomic mass is 10.0. The predicted octanol–water partition coefficient (Wildman–Crippen LogP) is -0.0274. The van der Waals surface area contributed by atoms with E-state index in [4.69, 9.17) is 10.5 Å². The molecule has 1 atom stereocenters. The van der Waals surface area contributed by atoms with Crippen molar-refractivity contribution in [1.82, 2.24) is 4.90 Å². The average Bonchev–Trinajstić information content (AvgIpc) is 2.43. The highest BCUT2D eigenvalue weighted by molar-refractivity contribution is 5.81. The highest BCUT2D eigenvalue weighted by Gasteiger charge is 2.41. The number of rotatable bonds is 3. The monoisotopic (exact) mass is 186 g/mol. The van der Waals surface area contributed by atoms with Crippen LogP contribution in [0.3, 0.4) is 0 Å². The maximum absolute atomic E-state index is 11.5. The molecule has 1 heterocycles. The van der Waals surface area contributed by atoms with Crippen LogP contribution in [0.2, 0.25) is 0 Å². The molecule has 0 aromatic rings. The highest BCUT2D eigenvalue weighted by atomic mass is 16.5. The topological polar surface area (TPSA) is 55.6 Å². The van der Waals surface area contributed by atoms with Gasteiger partial charge in [-0.15, -0.1) is 0 Å². The number of nitrogens with two attached hydrogens (primary N) is 1. The van der Waals surface area contributed by atoms with E-state index in [0.29, 0.717) is 19.6 Å². The van der Waals surface area contributed by atoms with Crippen LogP contribution in [0.1, 0.15) is 19.8 Å². The van der Waals surface area contributed by atoms with Crippen LogP contribution in [0.5, 0.6) is 0 Å². The number of likely N-dealkylation sites (tertiary alicyclic amines) is 1. The Morgan fingerprint density at radius 1 is 1.69 bits per heavy atom. The number of likely N-dealkylation sites (N-methyl/N-ethyl adjacent to an activating group) is 1. The quantitative estimate of drug-likeness (QED) is 0.629. The fourth-order valence-electron chi connectivity index (χ4n) is 1.54. The summed E-state index contributed by atoms with van der Waals surface area (Å²) in [6.45, 7) is 3.92. The van der Waals surface area contributed by atoms with Gasteiger partial charge in [-0.3, -0.25) is 4.79 Å². The van der Waals surface area contributed by atoms with E-state index in [1.54, 1.807) is 0 Å². The fourth-order valence-corrected chi connectivity index (χ4v) is 1.54. The Kier molecular flexibility index (Phi) is 3.27. The van der Waals surface area contributed by atoms with Crippen LogP contribution in [0, 0.1) is 0 Å². The first kappa shape index (κ1) is 10.5. The molecule has 1 unspecified atom stereocenters. The Balaban J connectivity index is 2.45. The number of esters is 1. The fraction of sp³-hybridized carbons (Fsp3) is 0.889. The van der Waals surface area contributed by atoms with Gasteiger partial charge in [0.15, 0.2) is 0 Å². The van der Waals surface area contributed by atoms with E-state index in [2.05, 4.69) is 0 Å². The first-order valence-electron chi connectivity index (χ1n) is 4.73. The number of hydrogen-bond donors (Lipinski definition) is 1. The predicted molar refractivity (Wildman–Crippen MR) is 50.3 cm³/mol. The zero-order chi connectivity index (χ0) is 9.90. The SMILES string of the molecule is CCCOC(=O)C1(N)CCN(C)C1. The van der Waals surface area contributed by atoms with Crippen molar-refractivity contribution in [3.05, 3.63) is 0 Å². The number of carbonyl (C=O) groups excluding carboxylic acids is 1. The van der Waals surface area contributed by atoms with Gasteiger partial charge in [-0.1, -0.05) is 6.92 Å². The number of nitrogens with zero attached hydrogens (tertiary/aromatic N) is 1. The van der Waals surface area contributed by atoms with Gasteiger partial charge in [0, 0.05) is 13.1 Å². The smallest absolute Gasteiger partial charge is 0.327 e. The van der Waals surface area contributed by atoms with Crippen molar-refractivity contribution in [1.29, 1.82) is 0 Å². The Bertz CT molecular complexity index is 196. The van der Waals surface area contributed by atoms with E-state index in [1.165, 1.54) is 0 Å². The molecule has 13 heavy (non-hydrogen) atoms. The van der Waals surface area contributed by atoms with Gasteiger partial charge in [0.1, 0.15) is 5.54 Å². The minimum absolute atomic E-state index is 0.251. The van der Waals surface area contributed by atoms with Crippen LogP contribution in [0.15, 0.2) is 0 Å². The zero-order valence-electron chi connectivity index (χ0n) is 8.38. The molecule has 0 aromatic heterocycles. The van der Waals surface area contributed by atoms with Crippen molar-refractivity contribution in [3.63, 3.8) is 0 Å². The molecule has 0 spiro atoms. The number of ether oxygens (including phenoxy) is 1. The number of hydrogen-bond acceptors (Lipinski definition) is 4. The van der Waals surface area contributed by atoms with Gasteiger partial charge < -0.3 is 15.4 Å². The van der Waals surface area contributed by atoms with Crippen molar-refractivity contribution < 1.29 is 9.53 Å². The van der Waals surface area contributed by atoms with Crippen molar-refractivity contribution in [2.45, 2.75) is 25.3 Å². The summed E-state index contributed by atoms with van der Waals surface area (Å²) in [5, 5.41) is 0. The molecule has 4 heteroatoms. The van der Waals surface area contributed by atoms with Gasteiger partial charge in [-0.2, -0.15) is 0 Å². The molecule has 0 aromatic carbocycles. The van der Waals surface area contributed by atoms with Gasteiger partial charge in [0.05, 0.1) is 6.61 Å². The Morgan fingerprint density at radius 3 is 2.85 bits per heavy atom. The maximum Gasteiger partial charge on any atom is 0.327 e. The van der Waals surface area contributed by atoms with Gasteiger partial charge in [0.25, 0.3) is 0 Å². The van der Waals surface area contributed by atoms with Crippen molar-refractivity contribution in [2.24, 2.45) is 5.73 Å². The van der Waals surface area contributed by atoms with Crippen molar-refractivity contribution in [3.8, 4) is 0 Å². The molecule has 1 fully saturated rings. The zero-order valence-corrected chi connectivity index (χ0v) is 8.38. The average molecular weight is 186 g/mol. The Hall–Kier alpha value is -0.610. The molecule has 1 saturated heterocycles. The Labute approximate surface area is 79.0 Å². The minimum atomic E-state index is -0.760. The summed E-state index contributed by atoms with van der Waals surface area (Å²) < 4.78 is 5.04. The molecule has 4 nitrogen and oxygen atoms in total. The standard InChI is InChI=1S/C9H18N2O2/c1-3-6-13-8(12)9(10)4-5-11(2)7-9/h3-7,10H2,1-2H3. The van der Waals surface area contributed by atoms with Crippen LogP contribution in [0.4, 0.5) is 0 Å². The molecule has 0 saturated carbocycles. The highest BCUT2D eigenvalue weighted by Crippen LogP contribution is 2.18. The third-order valence-electron chi connectivity index (χ3n) is 2.34. The lowest BCUT2D eigenvalue weighted by Crippen LogP contribution is -2.50. The summed E-state index contributed by atoms with van der Waals surface area (Å²) in [5.41, 5.74) is 5.16. The summed E-state index contributed by atoms with van der Waals surface area (Å²) >= 11 is 0. The second kappa shape index (κ2) is 4.07. The molecule has 0 aliphatic carbocycles. The summed E-state index contributed by atoms with van der Waals surface area (Å²) in [5.74, 6) is -0.251.